The van der Waals surface area contributed by atoms with Gasteiger partial charge in [-0.05, 0) is 45.5 Å². The smallest absolute Gasteiger partial charge is 0.180 e. The van der Waals surface area contributed by atoms with Crippen molar-refractivity contribution in [2.45, 2.75) is 36.5 Å². The molecule has 1 unspecified atom stereocenters. The fourth-order valence-corrected chi connectivity index (χ4v) is 2.78. The lowest BCUT2D eigenvalue weighted by atomic mass is 9.96. The Labute approximate surface area is 109 Å². The number of likely N-dealkylation sites (N-methyl/N-ethyl adjacent to an activating group) is 1. The molecule has 0 aliphatic carbocycles. The second-order valence-electron chi connectivity index (χ2n) is 4.92. The molecule has 0 spiro atoms. The highest BCUT2D eigenvalue weighted by atomic mass is 32.2. The summed E-state index contributed by atoms with van der Waals surface area (Å²) in [5, 5.41) is 12.6. The van der Waals surface area contributed by atoms with Gasteiger partial charge in [0, 0.05) is 6.54 Å². The summed E-state index contributed by atoms with van der Waals surface area (Å²) in [5.74, 6) is 0. The lowest BCUT2D eigenvalue weighted by molar-refractivity contribution is 0.0591. The minimum absolute atomic E-state index is 0.293. The predicted molar refractivity (Wildman–Crippen MR) is 72.3 cm³/mol. The predicted octanol–water partition coefficient (Wildman–Crippen LogP) is 1.30. The number of benzene rings is 1. The fraction of sp³-hybridized carbons (Fsp3) is 0.538. The quantitative estimate of drug-likeness (QED) is 0.847. The summed E-state index contributed by atoms with van der Waals surface area (Å²) < 4.78 is 23.9. The zero-order valence-corrected chi connectivity index (χ0v) is 12.1. The van der Waals surface area contributed by atoms with Crippen molar-refractivity contribution in [2.24, 2.45) is 0 Å². The molecular formula is C13H21NO3S. The Bertz CT molecular complexity index is 489. The van der Waals surface area contributed by atoms with E-state index in [1.54, 1.807) is 52.1 Å². The van der Waals surface area contributed by atoms with E-state index in [-0.39, 0.29) is 0 Å². The highest BCUT2D eigenvalue weighted by molar-refractivity contribution is 7.92. The maximum atomic E-state index is 11.9. The number of aliphatic hydroxyl groups is 1. The lowest BCUT2D eigenvalue weighted by Gasteiger charge is -2.23. The molecule has 0 amide bonds. The van der Waals surface area contributed by atoms with Gasteiger partial charge in [-0.1, -0.05) is 12.1 Å². The molecule has 1 atom stereocenters. The molecule has 5 heteroatoms. The molecule has 0 radical (unpaired) electrons. The highest BCUT2D eigenvalue weighted by Gasteiger charge is 2.24. The second-order valence-corrected chi connectivity index (χ2v) is 7.43. The Morgan fingerprint density at radius 3 is 2.17 bits per heavy atom. The maximum absolute atomic E-state index is 11.9. The van der Waals surface area contributed by atoms with E-state index in [1.165, 1.54) is 0 Å². The molecule has 0 aromatic heterocycles. The Morgan fingerprint density at radius 2 is 1.78 bits per heavy atom. The molecule has 102 valence electrons. The first kappa shape index (κ1) is 15.1. The molecule has 2 N–H and O–H groups in total. The van der Waals surface area contributed by atoms with Gasteiger partial charge >= 0.3 is 0 Å². The lowest BCUT2D eigenvalue weighted by Crippen LogP contribution is -2.33. The van der Waals surface area contributed by atoms with Crippen LogP contribution in [-0.4, -0.2) is 32.4 Å². The van der Waals surface area contributed by atoms with E-state index in [0.29, 0.717) is 17.0 Å². The third-order valence-electron chi connectivity index (χ3n) is 2.95. The van der Waals surface area contributed by atoms with Gasteiger partial charge in [-0.2, -0.15) is 0 Å². The Kier molecular flexibility index (Phi) is 4.53. The zero-order chi connectivity index (χ0) is 14.0. The van der Waals surface area contributed by atoms with E-state index < -0.39 is 20.7 Å². The summed E-state index contributed by atoms with van der Waals surface area (Å²) in [5.41, 5.74) is -0.311. The number of rotatable bonds is 5. The van der Waals surface area contributed by atoms with Crippen LogP contribution in [0.4, 0.5) is 0 Å². The molecule has 4 nitrogen and oxygen atoms in total. The molecule has 0 aliphatic heterocycles. The van der Waals surface area contributed by atoms with Gasteiger partial charge in [0.2, 0.25) is 0 Å². The number of sulfone groups is 1. The first-order valence-corrected chi connectivity index (χ1v) is 7.48. The third-order valence-corrected chi connectivity index (χ3v) is 5.12. The number of hydrogen-bond acceptors (Lipinski definition) is 4. The first-order chi connectivity index (χ1) is 8.21. The summed E-state index contributed by atoms with van der Waals surface area (Å²) >= 11 is 0. The average Bonchev–Trinajstić information content (AvgIpc) is 2.29. The van der Waals surface area contributed by atoms with Crippen molar-refractivity contribution < 1.29 is 13.5 Å². The average molecular weight is 271 g/mol. The van der Waals surface area contributed by atoms with E-state index in [4.69, 9.17) is 0 Å². The van der Waals surface area contributed by atoms with Gasteiger partial charge in [0.05, 0.1) is 15.7 Å². The van der Waals surface area contributed by atoms with E-state index in [2.05, 4.69) is 5.32 Å². The van der Waals surface area contributed by atoms with Crippen LogP contribution < -0.4 is 5.32 Å². The van der Waals surface area contributed by atoms with Gasteiger partial charge in [-0.25, -0.2) is 8.42 Å². The van der Waals surface area contributed by atoms with Crippen LogP contribution in [0.15, 0.2) is 29.2 Å². The molecule has 0 bridgehead atoms. The summed E-state index contributed by atoms with van der Waals surface area (Å²) in [6.45, 7) is 5.40. The molecule has 0 heterocycles. The van der Waals surface area contributed by atoms with Crippen LogP contribution in [0.5, 0.6) is 0 Å². The van der Waals surface area contributed by atoms with Crippen LogP contribution in [0.3, 0.4) is 0 Å². The van der Waals surface area contributed by atoms with Gasteiger partial charge in [0.25, 0.3) is 0 Å². The van der Waals surface area contributed by atoms with Crippen LogP contribution in [0.2, 0.25) is 0 Å². The van der Waals surface area contributed by atoms with E-state index in [9.17, 15) is 13.5 Å². The third kappa shape index (κ3) is 3.10. The molecular weight excluding hydrogens is 250 g/mol. The molecule has 0 aliphatic rings. The van der Waals surface area contributed by atoms with Crippen molar-refractivity contribution in [2.75, 3.05) is 13.6 Å². The highest BCUT2D eigenvalue weighted by Crippen LogP contribution is 2.23. The van der Waals surface area contributed by atoms with Gasteiger partial charge in [0.15, 0.2) is 9.84 Å². The van der Waals surface area contributed by atoms with Crippen LogP contribution in [-0.2, 0) is 15.4 Å². The summed E-state index contributed by atoms with van der Waals surface area (Å²) in [6.07, 6.45) is 0. The van der Waals surface area contributed by atoms with Crippen LogP contribution in [0.1, 0.15) is 26.3 Å². The Hall–Kier alpha value is -0.910. The van der Waals surface area contributed by atoms with Crippen molar-refractivity contribution >= 4 is 9.84 Å². The number of hydrogen-bond donors (Lipinski definition) is 2. The molecule has 1 aromatic rings. The summed E-state index contributed by atoms with van der Waals surface area (Å²) in [4.78, 5) is 0.293. The van der Waals surface area contributed by atoms with Crippen molar-refractivity contribution in [3.8, 4) is 0 Å². The van der Waals surface area contributed by atoms with E-state index in [0.717, 1.165) is 0 Å². The Morgan fingerprint density at radius 1 is 1.28 bits per heavy atom. The molecule has 18 heavy (non-hydrogen) atoms. The number of nitrogens with one attached hydrogen (secondary N) is 1. The monoisotopic (exact) mass is 271 g/mol. The summed E-state index contributed by atoms with van der Waals surface area (Å²) in [6, 6.07) is 6.42. The fourth-order valence-electron chi connectivity index (χ4n) is 1.72. The Balaban J connectivity index is 3.08. The SMILES string of the molecule is CNCC(C)(O)c1ccc(S(=O)(=O)C(C)C)cc1. The molecule has 0 saturated carbocycles. The van der Waals surface area contributed by atoms with E-state index in [1.807, 2.05) is 0 Å². The van der Waals surface area contributed by atoms with Crippen molar-refractivity contribution in [1.29, 1.82) is 0 Å². The van der Waals surface area contributed by atoms with Crippen molar-refractivity contribution in [3.63, 3.8) is 0 Å². The van der Waals surface area contributed by atoms with Crippen LogP contribution in [0, 0.1) is 0 Å². The normalized spacial score (nSPS) is 15.7. The van der Waals surface area contributed by atoms with Gasteiger partial charge in [0.1, 0.15) is 0 Å². The van der Waals surface area contributed by atoms with Crippen LogP contribution >= 0.6 is 0 Å². The van der Waals surface area contributed by atoms with Crippen molar-refractivity contribution in [3.05, 3.63) is 29.8 Å². The second kappa shape index (κ2) is 5.38. The minimum atomic E-state index is -3.25. The van der Waals surface area contributed by atoms with Gasteiger partial charge < -0.3 is 10.4 Å². The summed E-state index contributed by atoms with van der Waals surface area (Å²) in [7, 11) is -1.49. The largest absolute Gasteiger partial charge is 0.384 e. The standard InChI is InChI=1S/C13H21NO3S/c1-10(2)18(16,17)12-7-5-11(6-8-12)13(3,15)9-14-4/h5-8,10,14-15H,9H2,1-4H3. The van der Waals surface area contributed by atoms with Gasteiger partial charge in [-0.3, -0.25) is 0 Å². The van der Waals surface area contributed by atoms with Gasteiger partial charge in [-0.15, -0.1) is 0 Å². The van der Waals surface area contributed by atoms with Crippen LogP contribution in [0.25, 0.3) is 0 Å². The maximum Gasteiger partial charge on any atom is 0.180 e. The first-order valence-electron chi connectivity index (χ1n) is 5.93. The molecule has 0 fully saturated rings. The molecule has 1 rings (SSSR count). The molecule has 1 aromatic carbocycles. The minimum Gasteiger partial charge on any atom is -0.384 e. The van der Waals surface area contributed by atoms with E-state index >= 15 is 0 Å². The zero-order valence-electron chi connectivity index (χ0n) is 11.3. The molecule has 0 saturated heterocycles. The topological polar surface area (TPSA) is 66.4 Å². The van der Waals surface area contributed by atoms with Crippen molar-refractivity contribution in [1.82, 2.24) is 5.32 Å².